The van der Waals surface area contributed by atoms with Gasteiger partial charge in [0.25, 0.3) is 8.32 Å². The van der Waals surface area contributed by atoms with Crippen molar-refractivity contribution < 1.29 is 8.95 Å². The van der Waals surface area contributed by atoms with E-state index in [9.17, 15) is 0 Å². The molecule has 0 amide bonds. The Labute approximate surface area is 125 Å². The highest BCUT2D eigenvalue weighted by Gasteiger charge is 2.17. The van der Waals surface area contributed by atoms with Crippen molar-refractivity contribution in [1.82, 2.24) is 0 Å². The number of rotatable bonds is 6. The van der Waals surface area contributed by atoms with Gasteiger partial charge in [-0.3, -0.25) is 0 Å². The smallest absolute Gasteiger partial charge is 0.278 e. The predicted octanol–water partition coefficient (Wildman–Crippen LogP) is 4.87. The van der Waals surface area contributed by atoms with Crippen LogP contribution in [-0.4, -0.2) is 22.3 Å². The Morgan fingerprint density at radius 2 is 1.50 bits per heavy atom. The lowest BCUT2D eigenvalue weighted by molar-refractivity contribution is 0.334. The molecule has 3 nitrogen and oxygen atoms in total. The van der Waals surface area contributed by atoms with Crippen LogP contribution in [0.25, 0.3) is 0 Å². The van der Waals surface area contributed by atoms with Gasteiger partial charge in [-0.15, -0.1) is 5.16 Å². The third kappa shape index (κ3) is 6.39. The summed E-state index contributed by atoms with van der Waals surface area (Å²) in [6, 6.07) is 8.16. The molecular weight excluding hydrogens is 282 g/mol. The van der Waals surface area contributed by atoms with Gasteiger partial charge in [-0.2, -0.15) is 0 Å². The maximum absolute atomic E-state index is 5.96. The Kier molecular flexibility index (Phi) is 5.59. The van der Waals surface area contributed by atoms with Crippen molar-refractivity contribution in [3.05, 3.63) is 29.8 Å². The van der Waals surface area contributed by atoms with Crippen LogP contribution in [0.5, 0.6) is 5.75 Å². The second-order valence-corrected chi connectivity index (χ2v) is 15.7. The quantitative estimate of drug-likeness (QED) is 0.426. The maximum Gasteiger partial charge on any atom is 0.278 e. The summed E-state index contributed by atoms with van der Waals surface area (Å²) in [4.78, 5) is 0. The Morgan fingerprint density at radius 3 is 1.90 bits per heavy atom. The van der Waals surface area contributed by atoms with Gasteiger partial charge in [0.05, 0.1) is 5.71 Å². The first-order chi connectivity index (χ1) is 9.11. The van der Waals surface area contributed by atoms with E-state index in [1.807, 2.05) is 12.1 Å². The fourth-order valence-electron chi connectivity index (χ4n) is 1.58. The zero-order valence-electron chi connectivity index (χ0n) is 13.8. The van der Waals surface area contributed by atoms with Gasteiger partial charge in [-0.1, -0.05) is 6.92 Å². The molecule has 0 heterocycles. The summed E-state index contributed by atoms with van der Waals surface area (Å²) in [5.41, 5.74) is 2.10. The standard InChI is InChI=1S/C15H27NO2Si2/c1-8-15(16-18-20(5,6)7)13-9-11-14(12-10-13)17-19(2,3)4/h9-12H,8H2,1-7H3/b16-15-. The molecule has 0 atom stereocenters. The first-order valence-electron chi connectivity index (χ1n) is 7.15. The summed E-state index contributed by atoms with van der Waals surface area (Å²) >= 11 is 0. The van der Waals surface area contributed by atoms with E-state index in [-0.39, 0.29) is 0 Å². The molecule has 0 aliphatic carbocycles. The van der Waals surface area contributed by atoms with Gasteiger partial charge in [0.15, 0.2) is 0 Å². The molecular formula is C15H27NO2Si2. The highest BCUT2D eigenvalue weighted by Crippen LogP contribution is 2.18. The van der Waals surface area contributed by atoms with Gasteiger partial charge in [0.2, 0.25) is 8.32 Å². The highest BCUT2D eigenvalue weighted by molar-refractivity contribution is 6.70. The van der Waals surface area contributed by atoms with E-state index < -0.39 is 16.6 Å². The zero-order chi connectivity index (χ0) is 15.4. The normalized spacial score (nSPS) is 13.2. The summed E-state index contributed by atoms with van der Waals surface area (Å²) in [6.45, 7) is 15.0. The van der Waals surface area contributed by atoms with Crippen LogP contribution in [0.2, 0.25) is 39.3 Å². The molecule has 0 aliphatic rings. The van der Waals surface area contributed by atoms with Crippen LogP contribution in [0.3, 0.4) is 0 Å². The molecule has 1 rings (SSSR count). The van der Waals surface area contributed by atoms with Gasteiger partial charge < -0.3 is 8.95 Å². The molecule has 0 fully saturated rings. The molecule has 112 valence electrons. The summed E-state index contributed by atoms with van der Waals surface area (Å²) in [5.74, 6) is 0.939. The maximum atomic E-state index is 5.96. The summed E-state index contributed by atoms with van der Waals surface area (Å²) in [5, 5.41) is 4.33. The largest absolute Gasteiger partial charge is 0.544 e. The minimum atomic E-state index is -1.62. The molecule has 0 N–H and O–H groups in total. The molecule has 5 heteroatoms. The van der Waals surface area contributed by atoms with E-state index in [2.05, 4.69) is 63.5 Å². The van der Waals surface area contributed by atoms with Crippen molar-refractivity contribution in [2.45, 2.75) is 52.6 Å². The number of oxime groups is 1. The van der Waals surface area contributed by atoms with E-state index >= 15 is 0 Å². The van der Waals surface area contributed by atoms with Crippen molar-refractivity contribution in [3.8, 4) is 5.75 Å². The second-order valence-electron chi connectivity index (χ2n) is 6.83. The Morgan fingerprint density at radius 1 is 0.950 bits per heavy atom. The van der Waals surface area contributed by atoms with E-state index in [0.717, 1.165) is 23.4 Å². The lowest BCUT2D eigenvalue weighted by atomic mass is 10.1. The van der Waals surface area contributed by atoms with Crippen molar-refractivity contribution in [2.24, 2.45) is 5.16 Å². The van der Waals surface area contributed by atoms with E-state index in [0.29, 0.717) is 0 Å². The molecule has 20 heavy (non-hydrogen) atoms. The Balaban J connectivity index is 2.85. The first-order valence-corrected chi connectivity index (χ1v) is 14.0. The molecule has 0 aliphatic heterocycles. The fraction of sp³-hybridized carbons (Fsp3) is 0.533. The van der Waals surface area contributed by atoms with Crippen molar-refractivity contribution >= 4 is 22.3 Å². The zero-order valence-corrected chi connectivity index (χ0v) is 15.8. The molecule has 0 aromatic heterocycles. The van der Waals surface area contributed by atoms with Gasteiger partial charge in [-0.25, -0.2) is 0 Å². The van der Waals surface area contributed by atoms with Crippen molar-refractivity contribution in [3.63, 3.8) is 0 Å². The van der Waals surface area contributed by atoms with Crippen molar-refractivity contribution in [2.75, 3.05) is 0 Å². The number of benzene rings is 1. The van der Waals surface area contributed by atoms with E-state index in [1.165, 1.54) is 0 Å². The molecule has 0 radical (unpaired) electrons. The van der Waals surface area contributed by atoms with Crippen LogP contribution in [0, 0.1) is 0 Å². The lowest BCUT2D eigenvalue weighted by Crippen LogP contribution is -2.29. The Hall–Kier alpha value is -1.08. The molecule has 0 unspecified atom stereocenters. The number of hydrogen-bond acceptors (Lipinski definition) is 3. The third-order valence-electron chi connectivity index (χ3n) is 2.38. The lowest BCUT2D eigenvalue weighted by Gasteiger charge is -2.19. The second kappa shape index (κ2) is 6.58. The SMILES string of the molecule is CC/C(=N/O[Si](C)(C)C)c1ccc(O[Si](C)(C)C)cc1. The first kappa shape index (κ1) is 17.0. The topological polar surface area (TPSA) is 30.8 Å². The summed E-state index contributed by atoms with van der Waals surface area (Å²) < 4.78 is 11.6. The summed E-state index contributed by atoms with van der Waals surface area (Å²) in [7, 11) is -3.16. The van der Waals surface area contributed by atoms with Crippen LogP contribution in [0.4, 0.5) is 0 Å². The minimum Gasteiger partial charge on any atom is -0.544 e. The predicted molar refractivity (Wildman–Crippen MR) is 91.7 cm³/mol. The van der Waals surface area contributed by atoms with Gasteiger partial charge in [0.1, 0.15) is 5.75 Å². The van der Waals surface area contributed by atoms with Crippen LogP contribution < -0.4 is 4.43 Å². The average Bonchev–Trinajstić information content (AvgIpc) is 2.28. The molecule has 1 aromatic carbocycles. The molecule has 0 saturated carbocycles. The van der Waals surface area contributed by atoms with Gasteiger partial charge in [0, 0.05) is 0 Å². The average molecular weight is 310 g/mol. The number of hydrogen-bond donors (Lipinski definition) is 0. The van der Waals surface area contributed by atoms with Crippen LogP contribution in [0.15, 0.2) is 29.4 Å². The van der Waals surface area contributed by atoms with E-state index in [4.69, 9.17) is 8.95 Å². The molecule has 1 aromatic rings. The van der Waals surface area contributed by atoms with Crippen molar-refractivity contribution in [1.29, 1.82) is 0 Å². The van der Waals surface area contributed by atoms with Crippen LogP contribution in [0.1, 0.15) is 18.9 Å². The third-order valence-corrected chi connectivity index (χ3v) is 3.86. The Bertz CT molecular complexity index is 456. The fourth-order valence-corrected chi connectivity index (χ4v) is 2.81. The molecule has 0 spiro atoms. The highest BCUT2D eigenvalue weighted by atomic mass is 28.4. The molecule has 0 bridgehead atoms. The van der Waals surface area contributed by atoms with Crippen LogP contribution >= 0.6 is 0 Å². The number of nitrogens with zero attached hydrogens (tertiary/aromatic N) is 1. The summed E-state index contributed by atoms with van der Waals surface area (Å²) in [6.07, 6.45) is 0.860. The molecule has 0 saturated heterocycles. The minimum absolute atomic E-state index is 0.860. The van der Waals surface area contributed by atoms with E-state index in [1.54, 1.807) is 0 Å². The van der Waals surface area contributed by atoms with Crippen LogP contribution in [-0.2, 0) is 4.53 Å². The monoisotopic (exact) mass is 309 g/mol. The van der Waals surface area contributed by atoms with Gasteiger partial charge in [-0.05, 0) is 75.5 Å². The van der Waals surface area contributed by atoms with Gasteiger partial charge >= 0.3 is 0 Å².